The molecule has 18 heavy (non-hydrogen) atoms. The summed E-state index contributed by atoms with van der Waals surface area (Å²) in [6, 6.07) is 5.04. The van der Waals surface area contributed by atoms with Gasteiger partial charge in [0.15, 0.2) is 0 Å². The molecule has 0 saturated carbocycles. The molecule has 0 radical (unpaired) electrons. The molecule has 0 aliphatic carbocycles. The van der Waals surface area contributed by atoms with Gasteiger partial charge in [0.1, 0.15) is 11.5 Å². The van der Waals surface area contributed by atoms with Gasteiger partial charge in [-0.15, -0.1) is 0 Å². The highest BCUT2D eigenvalue weighted by Gasteiger charge is 2.27. The van der Waals surface area contributed by atoms with Crippen molar-refractivity contribution < 1.29 is 10.2 Å². The first kappa shape index (κ1) is 13.2. The Morgan fingerprint density at radius 1 is 1.44 bits per heavy atom. The van der Waals surface area contributed by atoms with E-state index in [1.54, 1.807) is 12.1 Å². The van der Waals surface area contributed by atoms with Crippen LogP contribution in [0.2, 0.25) is 0 Å². The van der Waals surface area contributed by atoms with Crippen molar-refractivity contribution in [2.45, 2.75) is 19.4 Å². The summed E-state index contributed by atoms with van der Waals surface area (Å²) in [6.07, 6.45) is 1.20. The van der Waals surface area contributed by atoms with Crippen molar-refractivity contribution in [1.29, 1.82) is 0 Å². The Labute approximate surface area is 108 Å². The zero-order valence-electron chi connectivity index (χ0n) is 11.1. The van der Waals surface area contributed by atoms with E-state index in [1.807, 2.05) is 7.05 Å². The Morgan fingerprint density at radius 2 is 2.22 bits per heavy atom. The summed E-state index contributed by atoms with van der Waals surface area (Å²) in [4.78, 5) is 2.38. The van der Waals surface area contributed by atoms with Crippen LogP contribution >= 0.6 is 0 Å². The van der Waals surface area contributed by atoms with Crippen LogP contribution in [0.25, 0.3) is 0 Å². The standard InChI is InChI=1S/C14H22N2O2/c1-10(13-4-3-12(17)7-14(13)18)16-6-5-11(9-16)8-15-2/h3-4,7,10-11,15,17-18H,5-6,8-9H2,1-2H3. The van der Waals surface area contributed by atoms with Gasteiger partial charge in [-0.3, -0.25) is 4.90 Å². The van der Waals surface area contributed by atoms with E-state index in [1.165, 1.54) is 12.5 Å². The molecule has 1 fully saturated rings. The average molecular weight is 250 g/mol. The fourth-order valence-corrected chi connectivity index (χ4v) is 2.75. The van der Waals surface area contributed by atoms with Gasteiger partial charge in [0.25, 0.3) is 0 Å². The van der Waals surface area contributed by atoms with Gasteiger partial charge < -0.3 is 15.5 Å². The number of hydrogen-bond acceptors (Lipinski definition) is 4. The predicted octanol–water partition coefficient (Wildman–Crippen LogP) is 1.70. The second-order valence-corrected chi connectivity index (χ2v) is 5.13. The molecule has 2 unspecified atom stereocenters. The van der Waals surface area contributed by atoms with E-state index in [4.69, 9.17) is 0 Å². The van der Waals surface area contributed by atoms with E-state index in [2.05, 4.69) is 17.1 Å². The minimum atomic E-state index is 0.109. The van der Waals surface area contributed by atoms with E-state index in [-0.39, 0.29) is 17.5 Å². The van der Waals surface area contributed by atoms with Gasteiger partial charge in [-0.05, 0) is 45.5 Å². The second-order valence-electron chi connectivity index (χ2n) is 5.13. The molecule has 0 aromatic heterocycles. The third-order valence-corrected chi connectivity index (χ3v) is 3.82. The molecule has 0 amide bonds. The van der Waals surface area contributed by atoms with Crippen molar-refractivity contribution in [2.75, 3.05) is 26.7 Å². The van der Waals surface area contributed by atoms with Gasteiger partial charge in [-0.1, -0.05) is 6.07 Å². The number of benzene rings is 1. The Balaban J connectivity index is 2.05. The highest BCUT2D eigenvalue weighted by Crippen LogP contribution is 2.33. The van der Waals surface area contributed by atoms with Crippen LogP contribution in [-0.4, -0.2) is 41.8 Å². The van der Waals surface area contributed by atoms with Crippen LogP contribution in [0, 0.1) is 5.92 Å². The largest absolute Gasteiger partial charge is 0.508 e. The number of likely N-dealkylation sites (tertiary alicyclic amines) is 1. The van der Waals surface area contributed by atoms with Crippen molar-refractivity contribution in [3.8, 4) is 11.5 Å². The van der Waals surface area contributed by atoms with Crippen molar-refractivity contribution >= 4 is 0 Å². The van der Waals surface area contributed by atoms with Crippen LogP contribution in [0.5, 0.6) is 11.5 Å². The van der Waals surface area contributed by atoms with Crippen molar-refractivity contribution in [2.24, 2.45) is 5.92 Å². The van der Waals surface area contributed by atoms with Crippen molar-refractivity contribution in [3.05, 3.63) is 23.8 Å². The van der Waals surface area contributed by atoms with Crippen LogP contribution in [0.4, 0.5) is 0 Å². The Bertz CT molecular complexity index is 409. The molecule has 1 saturated heterocycles. The lowest BCUT2D eigenvalue weighted by Crippen LogP contribution is -2.27. The maximum atomic E-state index is 9.89. The summed E-state index contributed by atoms with van der Waals surface area (Å²) in [5, 5.41) is 22.4. The lowest BCUT2D eigenvalue weighted by Gasteiger charge is -2.25. The molecule has 1 aliphatic rings. The Morgan fingerprint density at radius 3 is 2.89 bits per heavy atom. The summed E-state index contributed by atoms with van der Waals surface area (Å²) in [7, 11) is 1.98. The molecule has 1 aliphatic heterocycles. The first-order chi connectivity index (χ1) is 8.61. The van der Waals surface area contributed by atoms with Gasteiger partial charge in [0.05, 0.1) is 0 Å². The number of rotatable bonds is 4. The number of phenolic OH excluding ortho intramolecular Hbond substituents is 2. The Kier molecular flexibility index (Phi) is 4.09. The molecular formula is C14H22N2O2. The van der Waals surface area contributed by atoms with E-state index >= 15 is 0 Å². The first-order valence-corrected chi connectivity index (χ1v) is 6.52. The van der Waals surface area contributed by atoms with E-state index in [0.717, 1.165) is 25.2 Å². The lowest BCUT2D eigenvalue weighted by molar-refractivity contribution is 0.247. The van der Waals surface area contributed by atoms with Crippen molar-refractivity contribution in [1.82, 2.24) is 10.2 Å². The van der Waals surface area contributed by atoms with E-state index in [0.29, 0.717) is 5.92 Å². The molecule has 3 N–H and O–H groups in total. The van der Waals surface area contributed by atoms with Gasteiger partial charge >= 0.3 is 0 Å². The zero-order chi connectivity index (χ0) is 13.1. The normalized spacial score (nSPS) is 22.2. The predicted molar refractivity (Wildman–Crippen MR) is 71.8 cm³/mol. The van der Waals surface area contributed by atoms with Gasteiger partial charge in [-0.25, -0.2) is 0 Å². The fraction of sp³-hybridized carbons (Fsp3) is 0.571. The molecule has 4 heteroatoms. The first-order valence-electron chi connectivity index (χ1n) is 6.52. The maximum Gasteiger partial charge on any atom is 0.124 e. The number of nitrogens with one attached hydrogen (secondary N) is 1. The summed E-state index contributed by atoms with van der Waals surface area (Å²) in [5.74, 6) is 0.981. The highest BCUT2D eigenvalue weighted by molar-refractivity contribution is 5.40. The van der Waals surface area contributed by atoms with E-state index < -0.39 is 0 Å². The highest BCUT2D eigenvalue weighted by atomic mass is 16.3. The Hall–Kier alpha value is -1.26. The van der Waals surface area contributed by atoms with Gasteiger partial charge in [0, 0.05) is 24.2 Å². The van der Waals surface area contributed by atoms with Crippen LogP contribution in [0.15, 0.2) is 18.2 Å². The molecule has 1 aromatic carbocycles. The molecule has 0 spiro atoms. The minimum absolute atomic E-state index is 0.109. The minimum Gasteiger partial charge on any atom is -0.508 e. The monoisotopic (exact) mass is 250 g/mol. The lowest BCUT2D eigenvalue weighted by atomic mass is 10.1. The topological polar surface area (TPSA) is 55.7 Å². The summed E-state index contributed by atoms with van der Waals surface area (Å²) in [5.41, 5.74) is 0.887. The molecule has 1 heterocycles. The fourth-order valence-electron chi connectivity index (χ4n) is 2.75. The summed E-state index contributed by atoms with van der Waals surface area (Å²) >= 11 is 0. The quantitative estimate of drug-likeness (QED) is 0.761. The summed E-state index contributed by atoms with van der Waals surface area (Å²) in [6.45, 7) is 5.27. The maximum absolute atomic E-state index is 9.89. The molecular weight excluding hydrogens is 228 g/mol. The number of hydrogen-bond donors (Lipinski definition) is 3. The van der Waals surface area contributed by atoms with Crippen LogP contribution in [0.3, 0.4) is 0 Å². The molecule has 2 rings (SSSR count). The average Bonchev–Trinajstić information content (AvgIpc) is 2.77. The van der Waals surface area contributed by atoms with Crippen molar-refractivity contribution in [3.63, 3.8) is 0 Å². The number of nitrogens with zero attached hydrogens (tertiary/aromatic N) is 1. The van der Waals surface area contributed by atoms with Crippen LogP contribution in [-0.2, 0) is 0 Å². The van der Waals surface area contributed by atoms with Crippen LogP contribution < -0.4 is 5.32 Å². The molecule has 4 nitrogen and oxygen atoms in total. The third-order valence-electron chi connectivity index (χ3n) is 3.82. The van der Waals surface area contributed by atoms with Gasteiger partial charge in [0.2, 0.25) is 0 Å². The number of phenols is 2. The molecule has 0 bridgehead atoms. The second kappa shape index (κ2) is 5.59. The van der Waals surface area contributed by atoms with Crippen LogP contribution in [0.1, 0.15) is 24.9 Å². The SMILES string of the molecule is CNCC1CCN(C(C)c2ccc(O)cc2O)C1. The smallest absolute Gasteiger partial charge is 0.124 e. The van der Waals surface area contributed by atoms with Gasteiger partial charge in [-0.2, -0.15) is 0 Å². The molecule has 100 valence electrons. The zero-order valence-corrected chi connectivity index (χ0v) is 11.1. The number of aromatic hydroxyl groups is 2. The molecule has 1 aromatic rings. The summed E-state index contributed by atoms with van der Waals surface area (Å²) < 4.78 is 0. The third kappa shape index (κ3) is 2.76. The van der Waals surface area contributed by atoms with E-state index in [9.17, 15) is 10.2 Å². The molecule has 2 atom stereocenters.